The minimum Gasteiger partial charge on any atom is -0.293 e. The lowest BCUT2D eigenvalue weighted by atomic mass is 10.2. The van der Waals surface area contributed by atoms with Crippen LogP contribution in [0, 0.1) is 11.5 Å². The van der Waals surface area contributed by atoms with E-state index in [1.54, 1.807) is 0 Å². The topological polar surface area (TPSA) is 3.24 Å². The van der Waals surface area contributed by atoms with Gasteiger partial charge in [-0.3, -0.25) is 4.90 Å². The Morgan fingerprint density at radius 1 is 1.33 bits per heavy atom. The molecule has 1 atom stereocenters. The van der Waals surface area contributed by atoms with Crippen LogP contribution in [0.15, 0.2) is 0 Å². The first-order chi connectivity index (χ1) is 5.49. The molecule has 1 nitrogen and oxygen atoms in total. The van der Waals surface area contributed by atoms with Gasteiger partial charge in [-0.25, -0.2) is 0 Å². The lowest BCUT2D eigenvalue weighted by molar-refractivity contribution is 0.365. The molecule has 0 aromatic carbocycles. The van der Waals surface area contributed by atoms with Gasteiger partial charge in [0, 0.05) is 0 Å². The molecule has 0 saturated carbocycles. The SMILES string of the molecule is CN1CCCC1C#C[Si](C)(C)C. The zero-order valence-corrected chi connectivity index (χ0v) is 9.65. The fourth-order valence-electron chi connectivity index (χ4n) is 1.39. The molecule has 12 heavy (non-hydrogen) atoms. The second kappa shape index (κ2) is 3.63. The molecule has 1 aliphatic rings. The summed E-state index contributed by atoms with van der Waals surface area (Å²) in [6.45, 7) is 8.13. The highest BCUT2D eigenvalue weighted by Crippen LogP contribution is 2.13. The van der Waals surface area contributed by atoms with Crippen LogP contribution in [0.2, 0.25) is 19.6 Å². The van der Waals surface area contributed by atoms with Crippen molar-refractivity contribution in [3.8, 4) is 11.5 Å². The van der Waals surface area contributed by atoms with Gasteiger partial charge in [0.1, 0.15) is 8.07 Å². The Labute approximate surface area is 77.2 Å². The van der Waals surface area contributed by atoms with Crippen molar-refractivity contribution in [3.05, 3.63) is 0 Å². The van der Waals surface area contributed by atoms with Crippen molar-refractivity contribution in [2.75, 3.05) is 13.6 Å². The molecule has 0 N–H and O–H groups in total. The maximum Gasteiger partial charge on any atom is 0.129 e. The normalized spacial score (nSPS) is 25.2. The van der Waals surface area contributed by atoms with Crippen LogP contribution in [0.25, 0.3) is 0 Å². The minimum absolute atomic E-state index is 0.553. The molecule has 0 aromatic heterocycles. The van der Waals surface area contributed by atoms with E-state index in [4.69, 9.17) is 0 Å². The van der Waals surface area contributed by atoms with Gasteiger partial charge in [0.2, 0.25) is 0 Å². The molecule has 1 aliphatic heterocycles. The van der Waals surface area contributed by atoms with Crippen molar-refractivity contribution < 1.29 is 0 Å². The molecule has 0 radical (unpaired) electrons. The summed E-state index contributed by atoms with van der Waals surface area (Å²) in [6, 6.07) is 0.553. The zero-order chi connectivity index (χ0) is 9.19. The third kappa shape index (κ3) is 3.00. The smallest absolute Gasteiger partial charge is 0.129 e. The van der Waals surface area contributed by atoms with E-state index in [1.807, 2.05) is 0 Å². The van der Waals surface area contributed by atoms with E-state index in [9.17, 15) is 0 Å². The van der Waals surface area contributed by atoms with E-state index < -0.39 is 8.07 Å². The van der Waals surface area contributed by atoms with E-state index in [1.165, 1.54) is 19.4 Å². The predicted octanol–water partition coefficient (Wildman–Crippen LogP) is 1.96. The van der Waals surface area contributed by atoms with Gasteiger partial charge in [0.15, 0.2) is 0 Å². The maximum absolute atomic E-state index is 3.44. The average Bonchev–Trinajstić information content (AvgIpc) is 2.29. The van der Waals surface area contributed by atoms with Crippen LogP contribution in [-0.4, -0.2) is 32.6 Å². The summed E-state index contributed by atoms with van der Waals surface area (Å²) < 4.78 is 0. The van der Waals surface area contributed by atoms with Crippen LogP contribution >= 0.6 is 0 Å². The Bertz CT molecular complexity index is 206. The first-order valence-electron chi connectivity index (χ1n) is 4.72. The molecule has 0 amide bonds. The molecular weight excluding hydrogens is 162 g/mol. The van der Waals surface area contributed by atoms with Crippen molar-refractivity contribution in [1.29, 1.82) is 0 Å². The van der Waals surface area contributed by atoms with Crippen LogP contribution in [0.5, 0.6) is 0 Å². The van der Waals surface area contributed by atoms with E-state index in [0.29, 0.717) is 6.04 Å². The zero-order valence-electron chi connectivity index (χ0n) is 8.65. The van der Waals surface area contributed by atoms with Crippen LogP contribution < -0.4 is 0 Å². The second-order valence-corrected chi connectivity index (χ2v) is 9.41. The Morgan fingerprint density at radius 2 is 2.00 bits per heavy atom. The number of hydrogen-bond donors (Lipinski definition) is 0. The average molecular weight is 181 g/mol. The van der Waals surface area contributed by atoms with Gasteiger partial charge in [-0.15, -0.1) is 5.54 Å². The third-order valence-electron chi connectivity index (χ3n) is 2.13. The summed E-state index contributed by atoms with van der Waals surface area (Å²) in [7, 11) is 1.04. The molecule has 1 unspecified atom stereocenters. The van der Waals surface area contributed by atoms with E-state index >= 15 is 0 Å². The minimum atomic E-state index is -1.14. The second-order valence-electron chi connectivity index (χ2n) is 4.66. The van der Waals surface area contributed by atoms with Gasteiger partial charge in [0.05, 0.1) is 6.04 Å². The van der Waals surface area contributed by atoms with E-state index in [-0.39, 0.29) is 0 Å². The molecule has 0 aromatic rings. The molecular formula is C10H19NSi. The molecule has 1 heterocycles. The Hall–Kier alpha value is -0.263. The van der Waals surface area contributed by atoms with Crippen molar-refractivity contribution >= 4 is 8.07 Å². The first-order valence-corrected chi connectivity index (χ1v) is 8.22. The number of nitrogens with zero attached hydrogens (tertiary/aromatic N) is 1. The van der Waals surface area contributed by atoms with Crippen LogP contribution in [0.1, 0.15) is 12.8 Å². The number of likely N-dealkylation sites (tertiary alicyclic amines) is 1. The van der Waals surface area contributed by atoms with E-state index in [0.717, 1.165) is 0 Å². The van der Waals surface area contributed by atoms with Crippen molar-refractivity contribution in [2.24, 2.45) is 0 Å². The largest absolute Gasteiger partial charge is 0.293 e. The summed E-state index contributed by atoms with van der Waals surface area (Å²) in [6.07, 6.45) is 2.59. The van der Waals surface area contributed by atoms with Gasteiger partial charge < -0.3 is 0 Å². The summed E-state index contributed by atoms with van der Waals surface area (Å²) in [5.41, 5.74) is 3.44. The quantitative estimate of drug-likeness (QED) is 0.408. The van der Waals surface area contributed by atoms with Crippen molar-refractivity contribution in [2.45, 2.75) is 38.5 Å². The highest BCUT2D eigenvalue weighted by atomic mass is 28.3. The summed E-state index contributed by atoms with van der Waals surface area (Å²) in [5.74, 6) is 3.41. The molecule has 0 bridgehead atoms. The van der Waals surface area contributed by atoms with Crippen molar-refractivity contribution in [3.63, 3.8) is 0 Å². The van der Waals surface area contributed by atoms with Gasteiger partial charge in [-0.2, -0.15) is 0 Å². The molecule has 1 saturated heterocycles. The first kappa shape index (κ1) is 9.82. The summed E-state index contributed by atoms with van der Waals surface area (Å²) in [4.78, 5) is 2.37. The molecule has 1 rings (SSSR count). The number of rotatable bonds is 0. The highest BCUT2D eigenvalue weighted by Gasteiger charge is 2.18. The van der Waals surface area contributed by atoms with Gasteiger partial charge >= 0.3 is 0 Å². The van der Waals surface area contributed by atoms with Gasteiger partial charge in [0.25, 0.3) is 0 Å². The Kier molecular flexibility index (Phi) is 2.97. The molecule has 0 aliphatic carbocycles. The van der Waals surface area contributed by atoms with Gasteiger partial charge in [-0.05, 0) is 26.4 Å². The molecule has 68 valence electrons. The fraction of sp³-hybridized carbons (Fsp3) is 0.800. The summed E-state index contributed by atoms with van der Waals surface area (Å²) in [5, 5.41) is 0. The highest BCUT2D eigenvalue weighted by molar-refractivity contribution is 6.83. The van der Waals surface area contributed by atoms with Crippen LogP contribution in [0.3, 0.4) is 0 Å². The molecule has 1 fully saturated rings. The molecule has 0 spiro atoms. The summed E-state index contributed by atoms with van der Waals surface area (Å²) >= 11 is 0. The fourth-order valence-corrected chi connectivity index (χ4v) is 1.99. The lowest BCUT2D eigenvalue weighted by Gasteiger charge is -2.13. The number of hydrogen-bond acceptors (Lipinski definition) is 1. The Morgan fingerprint density at radius 3 is 2.42 bits per heavy atom. The lowest BCUT2D eigenvalue weighted by Crippen LogP contribution is -2.25. The van der Waals surface area contributed by atoms with Gasteiger partial charge in [-0.1, -0.05) is 25.6 Å². The third-order valence-corrected chi connectivity index (χ3v) is 3.03. The van der Waals surface area contributed by atoms with Crippen LogP contribution in [0.4, 0.5) is 0 Å². The predicted molar refractivity (Wildman–Crippen MR) is 56.8 cm³/mol. The Balaban J connectivity index is 2.53. The maximum atomic E-state index is 3.44. The standard InChI is InChI=1S/C10H19NSi/c1-11-8-5-6-10(11)7-9-12(2,3)4/h10H,5-6,8H2,1-4H3. The molecule has 2 heteroatoms. The van der Waals surface area contributed by atoms with E-state index in [2.05, 4.69) is 43.1 Å². The van der Waals surface area contributed by atoms with Crippen molar-refractivity contribution in [1.82, 2.24) is 4.90 Å². The monoisotopic (exact) mass is 181 g/mol. The van der Waals surface area contributed by atoms with Crippen LogP contribution in [-0.2, 0) is 0 Å².